The molecule has 1 aliphatic heterocycles. The molecule has 0 aromatic heterocycles. The van der Waals surface area contributed by atoms with E-state index in [2.05, 4.69) is 21.2 Å². The van der Waals surface area contributed by atoms with E-state index >= 15 is 0 Å². The Labute approximate surface area is 186 Å². The van der Waals surface area contributed by atoms with Gasteiger partial charge in [0.1, 0.15) is 10.6 Å². The van der Waals surface area contributed by atoms with Gasteiger partial charge in [0.15, 0.2) is 0 Å². The summed E-state index contributed by atoms with van der Waals surface area (Å²) in [6.45, 7) is 6.26. The van der Waals surface area contributed by atoms with Gasteiger partial charge >= 0.3 is 0 Å². The smallest absolute Gasteiger partial charge is 0.246 e. The summed E-state index contributed by atoms with van der Waals surface area (Å²) in [4.78, 5) is 13.1. The minimum Gasteiger partial charge on any atom is -0.495 e. The maximum atomic E-state index is 13.3. The number of nitrogens with zero attached hydrogens (tertiary/aromatic N) is 1. The number of ether oxygens (including phenoxy) is 1. The lowest BCUT2D eigenvalue weighted by Crippen LogP contribution is -2.43. The van der Waals surface area contributed by atoms with Crippen molar-refractivity contribution in [1.29, 1.82) is 0 Å². The molecule has 1 saturated heterocycles. The molecular weight excluding hydrogens is 468 g/mol. The van der Waals surface area contributed by atoms with Gasteiger partial charge in [0.25, 0.3) is 0 Å². The van der Waals surface area contributed by atoms with Gasteiger partial charge in [-0.1, -0.05) is 22.0 Å². The van der Waals surface area contributed by atoms with Gasteiger partial charge in [-0.25, -0.2) is 8.42 Å². The van der Waals surface area contributed by atoms with Crippen LogP contribution in [0.3, 0.4) is 0 Å². The van der Waals surface area contributed by atoms with Gasteiger partial charge in [-0.15, -0.1) is 0 Å². The molecule has 0 aliphatic carbocycles. The summed E-state index contributed by atoms with van der Waals surface area (Å²) >= 11 is 3.46. The minimum absolute atomic E-state index is 0.144. The number of benzene rings is 2. The summed E-state index contributed by atoms with van der Waals surface area (Å²) in [7, 11) is -2.31. The first-order valence-corrected chi connectivity index (χ1v) is 12.1. The van der Waals surface area contributed by atoms with E-state index in [0.29, 0.717) is 25.1 Å². The second-order valence-corrected chi connectivity index (χ2v) is 10.6. The molecule has 162 valence electrons. The highest BCUT2D eigenvalue weighted by atomic mass is 79.9. The number of piperidine rings is 1. The van der Waals surface area contributed by atoms with E-state index in [1.807, 2.05) is 39.0 Å². The maximum absolute atomic E-state index is 13.3. The molecule has 0 unspecified atom stereocenters. The molecule has 1 aliphatic rings. The number of halogens is 1. The SMILES string of the molecule is COc1ccc(C)cc1S(=O)(=O)N1CCC[C@H](C(=O)Nc2c(C)cc(Br)cc2C)C1. The van der Waals surface area contributed by atoms with Crippen molar-refractivity contribution in [2.24, 2.45) is 5.92 Å². The first-order valence-electron chi connectivity index (χ1n) is 9.86. The second kappa shape index (κ2) is 9.08. The lowest BCUT2D eigenvalue weighted by molar-refractivity contribution is -0.120. The predicted octanol–water partition coefficient (Wildman–Crippen LogP) is 4.42. The number of rotatable bonds is 5. The van der Waals surface area contributed by atoms with Crippen LogP contribution in [0.4, 0.5) is 5.69 Å². The Morgan fingerprint density at radius 1 is 1.17 bits per heavy atom. The van der Waals surface area contributed by atoms with Gasteiger partial charge in [0.05, 0.1) is 13.0 Å². The highest BCUT2D eigenvalue weighted by Crippen LogP contribution is 2.31. The van der Waals surface area contributed by atoms with Crippen molar-refractivity contribution < 1.29 is 17.9 Å². The van der Waals surface area contributed by atoms with Crippen molar-refractivity contribution >= 4 is 37.5 Å². The van der Waals surface area contributed by atoms with Crippen LogP contribution in [-0.4, -0.2) is 38.8 Å². The molecule has 1 N–H and O–H groups in total. The van der Waals surface area contributed by atoms with Crippen LogP contribution < -0.4 is 10.1 Å². The number of nitrogens with one attached hydrogen (secondary N) is 1. The number of hydrogen-bond acceptors (Lipinski definition) is 4. The number of amides is 1. The van der Waals surface area contributed by atoms with E-state index in [-0.39, 0.29) is 17.3 Å². The lowest BCUT2D eigenvalue weighted by Gasteiger charge is -2.31. The van der Waals surface area contributed by atoms with Crippen molar-refractivity contribution in [3.05, 3.63) is 51.5 Å². The van der Waals surface area contributed by atoms with Crippen LogP contribution in [0.2, 0.25) is 0 Å². The third-order valence-corrected chi connectivity index (χ3v) is 7.78. The van der Waals surface area contributed by atoms with Crippen molar-refractivity contribution in [2.75, 3.05) is 25.5 Å². The number of methoxy groups -OCH3 is 1. The monoisotopic (exact) mass is 494 g/mol. The van der Waals surface area contributed by atoms with Crippen LogP contribution in [0.5, 0.6) is 5.75 Å². The van der Waals surface area contributed by atoms with Crippen LogP contribution in [0, 0.1) is 26.7 Å². The van der Waals surface area contributed by atoms with Crippen LogP contribution in [0.25, 0.3) is 0 Å². The Kier molecular flexibility index (Phi) is 6.89. The largest absolute Gasteiger partial charge is 0.495 e. The van der Waals surface area contributed by atoms with E-state index in [4.69, 9.17) is 4.74 Å². The molecule has 0 bridgehead atoms. The highest BCUT2D eigenvalue weighted by molar-refractivity contribution is 9.10. The minimum atomic E-state index is -3.77. The van der Waals surface area contributed by atoms with Gasteiger partial charge in [0, 0.05) is 23.2 Å². The highest BCUT2D eigenvalue weighted by Gasteiger charge is 2.35. The van der Waals surface area contributed by atoms with Crippen molar-refractivity contribution in [3.8, 4) is 5.75 Å². The number of anilines is 1. The number of aryl methyl sites for hydroxylation is 3. The number of hydrogen-bond donors (Lipinski definition) is 1. The molecule has 0 radical (unpaired) electrons. The summed E-state index contributed by atoms with van der Waals surface area (Å²) < 4.78 is 34.2. The zero-order chi connectivity index (χ0) is 22.1. The Morgan fingerprint density at radius 2 is 1.83 bits per heavy atom. The van der Waals surface area contributed by atoms with Gasteiger partial charge in [-0.05, 0) is 74.6 Å². The first kappa shape index (κ1) is 22.8. The molecule has 1 heterocycles. The van der Waals surface area contributed by atoms with Gasteiger partial charge < -0.3 is 10.1 Å². The Balaban J connectivity index is 1.82. The second-order valence-electron chi connectivity index (χ2n) is 7.76. The number of carbonyl (C=O) groups is 1. The number of sulfonamides is 1. The van der Waals surface area contributed by atoms with Crippen LogP contribution >= 0.6 is 15.9 Å². The average Bonchev–Trinajstić information content (AvgIpc) is 2.70. The topological polar surface area (TPSA) is 75.7 Å². The van der Waals surface area contributed by atoms with Crippen molar-refractivity contribution in [3.63, 3.8) is 0 Å². The quantitative estimate of drug-likeness (QED) is 0.667. The molecule has 3 rings (SSSR count). The molecule has 0 saturated carbocycles. The average molecular weight is 495 g/mol. The normalized spacial score (nSPS) is 17.6. The predicted molar refractivity (Wildman–Crippen MR) is 121 cm³/mol. The van der Waals surface area contributed by atoms with E-state index < -0.39 is 15.9 Å². The summed E-state index contributed by atoms with van der Waals surface area (Å²) in [5.74, 6) is -0.250. The molecule has 1 fully saturated rings. The lowest BCUT2D eigenvalue weighted by atomic mass is 9.98. The van der Waals surface area contributed by atoms with Crippen LogP contribution in [0.15, 0.2) is 39.7 Å². The first-order chi connectivity index (χ1) is 14.1. The molecule has 2 aromatic carbocycles. The molecule has 0 spiro atoms. The zero-order valence-electron chi connectivity index (χ0n) is 17.7. The third kappa shape index (κ3) is 4.71. The van der Waals surface area contributed by atoms with Gasteiger partial charge in [-0.2, -0.15) is 4.31 Å². The molecule has 6 nitrogen and oxygen atoms in total. The van der Waals surface area contributed by atoms with E-state index in [1.54, 1.807) is 12.1 Å². The molecule has 1 amide bonds. The fraction of sp³-hybridized carbons (Fsp3) is 0.409. The third-order valence-electron chi connectivity index (χ3n) is 5.44. The van der Waals surface area contributed by atoms with Crippen molar-refractivity contribution in [1.82, 2.24) is 4.31 Å². The summed E-state index contributed by atoms with van der Waals surface area (Å²) in [5, 5.41) is 3.01. The van der Waals surface area contributed by atoms with Crippen molar-refractivity contribution in [2.45, 2.75) is 38.5 Å². The zero-order valence-corrected chi connectivity index (χ0v) is 20.1. The van der Waals surface area contributed by atoms with Gasteiger partial charge in [-0.3, -0.25) is 4.79 Å². The summed E-state index contributed by atoms with van der Waals surface area (Å²) in [6, 6.07) is 8.99. The summed E-state index contributed by atoms with van der Waals surface area (Å²) in [5.41, 5.74) is 3.53. The van der Waals surface area contributed by atoms with E-state index in [1.165, 1.54) is 11.4 Å². The van der Waals surface area contributed by atoms with Gasteiger partial charge in [0.2, 0.25) is 15.9 Å². The Morgan fingerprint density at radius 3 is 2.47 bits per heavy atom. The molecule has 2 aromatic rings. The standard InChI is InChI=1S/C22H27BrN2O4S/c1-14-7-8-19(29-4)20(10-14)30(27,28)25-9-5-6-17(13-25)22(26)24-21-15(2)11-18(23)12-16(21)3/h7-8,10-12,17H,5-6,9,13H2,1-4H3,(H,24,26)/t17-/m0/s1. The Bertz CT molecular complexity index is 1050. The van der Waals surface area contributed by atoms with E-state index in [0.717, 1.165) is 26.9 Å². The van der Waals surface area contributed by atoms with E-state index in [9.17, 15) is 13.2 Å². The maximum Gasteiger partial charge on any atom is 0.246 e. The fourth-order valence-corrected chi connectivity index (χ4v) is 6.28. The number of carbonyl (C=O) groups excluding carboxylic acids is 1. The molecule has 30 heavy (non-hydrogen) atoms. The fourth-order valence-electron chi connectivity index (χ4n) is 3.83. The van der Waals surface area contributed by atoms with Crippen LogP contribution in [0.1, 0.15) is 29.5 Å². The van der Waals surface area contributed by atoms with Crippen LogP contribution in [-0.2, 0) is 14.8 Å². The molecule has 8 heteroatoms. The Hall–Kier alpha value is -1.90. The summed E-state index contributed by atoms with van der Waals surface area (Å²) in [6.07, 6.45) is 1.28. The molecular formula is C22H27BrN2O4S. The molecule has 1 atom stereocenters.